The topological polar surface area (TPSA) is 94.6 Å². The molecule has 1 heterocycles. The number of pyridine rings is 1. The van der Waals surface area contributed by atoms with Gasteiger partial charge in [0.1, 0.15) is 5.69 Å². The molecule has 2 aromatic rings. The van der Waals surface area contributed by atoms with Crippen LogP contribution in [0.4, 0.5) is 5.69 Å². The van der Waals surface area contributed by atoms with Gasteiger partial charge in [0.25, 0.3) is 5.91 Å². The minimum Gasteiger partial charge on any atom is -0.462 e. The SMILES string of the molecule is CCOC(=O)c1ccc(NC(=O)COC(=O)c2ccccn2)cc1. The van der Waals surface area contributed by atoms with E-state index in [9.17, 15) is 14.4 Å². The molecule has 0 aliphatic rings. The van der Waals surface area contributed by atoms with Crippen LogP contribution in [0.15, 0.2) is 48.7 Å². The van der Waals surface area contributed by atoms with Gasteiger partial charge in [-0.05, 0) is 43.3 Å². The Balaban J connectivity index is 1.84. The van der Waals surface area contributed by atoms with Crippen LogP contribution in [0.2, 0.25) is 0 Å². The Bertz CT molecular complexity index is 714. The number of ether oxygens (including phenoxy) is 2. The van der Waals surface area contributed by atoms with Crippen molar-refractivity contribution in [2.75, 3.05) is 18.5 Å². The van der Waals surface area contributed by atoms with Crippen molar-refractivity contribution >= 4 is 23.5 Å². The average Bonchev–Trinajstić information content (AvgIpc) is 2.61. The first-order valence-electron chi connectivity index (χ1n) is 7.25. The highest BCUT2D eigenvalue weighted by Gasteiger charge is 2.11. The standard InChI is InChI=1S/C17H16N2O5/c1-2-23-16(21)12-6-8-13(9-7-12)19-15(20)11-24-17(22)14-5-3-4-10-18-14/h3-10H,2,11H2,1H3,(H,19,20). The van der Waals surface area contributed by atoms with Crippen molar-refractivity contribution in [1.82, 2.24) is 4.98 Å². The van der Waals surface area contributed by atoms with E-state index in [2.05, 4.69) is 10.3 Å². The molecule has 1 aromatic carbocycles. The minimum atomic E-state index is -0.677. The maximum Gasteiger partial charge on any atom is 0.357 e. The number of amides is 1. The van der Waals surface area contributed by atoms with Crippen LogP contribution in [-0.4, -0.2) is 36.0 Å². The van der Waals surface area contributed by atoms with Crippen molar-refractivity contribution in [3.63, 3.8) is 0 Å². The van der Waals surface area contributed by atoms with Gasteiger partial charge in [0.15, 0.2) is 6.61 Å². The fourth-order valence-corrected chi connectivity index (χ4v) is 1.79. The lowest BCUT2D eigenvalue weighted by Crippen LogP contribution is -2.21. The number of carbonyl (C=O) groups is 3. The van der Waals surface area contributed by atoms with Crippen molar-refractivity contribution in [2.45, 2.75) is 6.92 Å². The van der Waals surface area contributed by atoms with Crippen LogP contribution in [0.25, 0.3) is 0 Å². The Morgan fingerprint density at radius 1 is 1.00 bits per heavy atom. The number of esters is 2. The third kappa shape index (κ3) is 4.91. The summed E-state index contributed by atoms with van der Waals surface area (Å²) in [6.45, 7) is 1.58. The lowest BCUT2D eigenvalue weighted by Gasteiger charge is -2.07. The van der Waals surface area contributed by atoms with E-state index in [4.69, 9.17) is 9.47 Å². The Labute approximate surface area is 138 Å². The van der Waals surface area contributed by atoms with E-state index in [1.54, 1.807) is 31.2 Å². The number of carbonyl (C=O) groups excluding carboxylic acids is 3. The third-order valence-corrected chi connectivity index (χ3v) is 2.89. The molecule has 0 aliphatic heterocycles. The smallest absolute Gasteiger partial charge is 0.357 e. The fraction of sp³-hybridized carbons (Fsp3) is 0.176. The number of nitrogens with one attached hydrogen (secondary N) is 1. The summed E-state index contributed by atoms with van der Waals surface area (Å²) in [4.78, 5) is 38.8. The van der Waals surface area contributed by atoms with Gasteiger partial charge in [0, 0.05) is 11.9 Å². The molecular weight excluding hydrogens is 312 g/mol. The van der Waals surface area contributed by atoms with E-state index in [0.717, 1.165) is 0 Å². The Morgan fingerprint density at radius 3 is 2.38 bits per heavy atom. The molecule has 0 fully saturated rings. The molecule has 0 unspecified atom stereocenters. The monoisotopic (exact) mass is 328 g/mol. The molecule has 2 rings (SSSR count). The molecule has 124 valence electrons. The molecule has 0 saturated carbocycles. The number of aromatic nitrogens is 1. The van der Waals surface area contributed by atoms with E-state index >= 15 is 0 Å². The van der Waals surface area contributed by atoms with Gasteiger partial charge in [-0.15, -0.1) is 0 Å². The quantitative estimate of drug-likeness (QED) is 0.816. The molecule has 7 nitrogen and oxygen atoms in total. The van der Waals surface area contributed by atoms with Gasteiger partial charge in [-0.3, -0.25) is 4.79 Å². The van der Waals surface area contributed by atoms with Crippen LogP contribution in [0.5, 0.6) is 0 Å². The molecule has 7 heteroatoms. The number of nitrogens with zero attached hydrogens (tertiary/aromatic N) is 1. The van der Waals surface area contributed by atoms with Gasteiger partial charge in [-0.1, -0.05) is 6.07 Å². The number of anilines is 1. The zero-order valence-corrected chi connectivity index (χ0v) is 13.0. The van der Waals surface area contributed by atoms with Gasteiger partial charge in [0.2, 0.25) is 0 Å². The van der Waals surface area contributed by atoms with E-state index in [-0.39, 0.29) is 5.69 Å². The average molecular weight is 328 g/mol. The number of benzene rings is 1. The second kappa shape index (κ2) is 8.42. The fourth-order valence-electron chi connectivity index (χ4n) is 1.79. The highest BCUT2D eigenvalue weighted by molar-refractivity contribution is 5.95. The van der Waals surface area contributed by atoms with Crippen LogP contribution in [0.3, 0.4) is 0 Å². The molecule has 1 aromatic heterocycles. The summed E-state index contributed by atoms with van der Waals surface area (Å²) >= 11 is 0. The molecule has 0 radical (unpaired) electrons. The Kier molecular flexibility index (Phi) is 6.01. The molecule has 1 amide bonds. The summed E-state index contributed by atoms with van der Waals surface area (Å²) in [6.07, 6.45) is 1.46. The van der Waals surface area contributed by atoms with Crippen LogP contribution >= 0.6 is 0 Å². The predicted octanol–water partition coefficient (Wildman–Crippen LogP) is 2.05. The van der Waals surface area contributed by atoms with E-state index < -0.39 is 24.5 Å². The van der Waals surface area contributed by atoms with Crippen molar-refractivity contribution in [2.24, 2.45) is 0 Å². The first kappa shape index (κ1) is 17.1. The summed E-state index contributed by atoms with van der Waals surface area (Å²) in [7, 11) is 0. The highest BCUT2D eigenvalue weighted by atomic mass is 16.5. The number of rotatable bonds is 6. The Morgan fingerprint density at radius 2 is 1.75 bits per heavy atom. The first-order valence-corrected chi connectivity index (χ1v) is 7.25. The molecule has 24 heavy (non-hydrogen) atoms. The lowest BCUT2D eigenvalue weighted by molar-refractivity contribution is -0.119. The maximum absolute atomic E-state index is 11.8. The van der Waals surface area contributed by atoms with Gasteiger partial charge in [-0.2, -0.15) is 0 Å². The van der Waals surface area contributed by atoms with Gasteiger partial charge in [0.05, 0.1) is 12.2 Å². The van der Waals surface area contributed by atoms with Crippen LogP contribution in [-0.2, 0) is 14.3 Å². The van der Waals surface area contributed by atoms with E-state index in [1.807, 2.05) is 0 Å². The summed E-state index contributed by atoms with van der Waals surface area (Å²) in [6, 6.07) is 11.0. The third-order valence-electron chi connectivity index (χ3n) is 2.89. The normalized spacial score (nSPS) is 9.88. The first-order chi connectivity index (χ1) is 11.6. The molecule has 0 aliphatic carbocycles. The van der Waals surface area contributed by atoms with Crippen LogP contribution in [0, 0.1) is 0 Å². The zero-order valence-electron chi connectivity index (χ0n) is 13.0. The summed E-state index contributed by atoms with van der Waals surface area (Å²) in [5.74, 6) is -1.61. The summed E-state index contributed by atoms with van der Waals surface area (Å²) < 4.78 is 9.73. The molecule has 0 bridgehead atoms. The number of hydrogen-bond acceptors (Lipinski definition) is 6. The van der Waals surface area contributed by atoms with Crippen molar-refractivity contribution in [3.05, 3.63) is 59.9 Å². The van der Waals surface area contributed by atoms with E-state index in [1.165, 1.54) is 24.4 Å². The van der Waals surface area contributed by atoms with Crippen LogP contribution < -0.4 is 5.32 Å². The molecule has 1 N–H and O–H groups in total. The summed E-state index contributed by atoms with van der Waals surface area (Å²) in [5.41, 5.74) is 0.988. The van der Waals surface area contributed by atoms with Crippen molar-refractivity contribution < 1.29 is 23.9 Å². The van der Waals surface area contributed by atoms with Gasteiger partial charge < -0.3 is 14.8 Å². The highest BCUT2D eigenvalue weighted by Crippen LogP contribution is 2.10. The second-order valence-corrected chi connectivity index (χ2v) is 4.64. The maximum atomic E-state index is 11.8. The lowest BCUT2D eigenvalue weighted by atomic mass is 10.2. The predicted molar refractivity (Wildman–Crippen MR) is 85.5 cm³/mol. The Hall–Kier alpha value is -3.22. The molecule has 0 saturated heterocycles. The largest absolute Gasteiger partial charge is 0.462 e. The molecule has 0 atom stereocenters. The zero-order chi connectivity index (χ0) is 17.4. The number of hydrogen-bond donors (Lipinski definition) is 1. The van der Waals surface area contributed by atoms with Crippen LogP contribution in [0.1, 0.15) is 27.8 Å². The second-order valence-electron chi connectivity index (χ2n) is 4.64. The molecule has 0 spiro atoms. The van der Waals surface area contributed by atoms with Crippen molar-refractivity contribution in [1.29, 1.82) is 0 Å². The van der Waals surface area contributed by atoms with Crippen molar-refractivity contribution in [3.8, 4) is 0 Å². The van der Waals surface area contributed by atoms with E-state index in [0.29, 0.717) is 17.9 Å². The van der Waals surface area contributed by atoms with Gasteiger partial charge in [-0.25, -0.2) is 14.6 Å². The summed E-state index contributed by atoms with van der Waals surface area (Å²) in [5, 5.41) is 2.56. The molecular formula is C17H16N2O5. The minimum absolute atomic E-state index is 0.129. The van der Waals surface area contributed by atoms with Gasteiger partial charge >= 0.3 is 11.9 Å².